The summed E-state index contributed by atoms with van der Waals surface area (Å²) in [6.07, 6.45) is 0. The van der Waals surface area contributed by atoms with Crippen molar-refractivity contribution in [3.63, 3.8) is 0 Å². The molecular formula is C19H20N4O4S. The molecule has 0 bridgehead atoms. The van der Waals surface area contributed by atoms with Crippen molar-refractivity contribution in [2.75, 3.05) is 23.9 Å². The zero-order valence-corrected chi connectivity index (χ0v) is 16.1. The number of nitrogens with zero attached hydrogens (tertiary/aromatic N) is 2. The van der Waals surface area contributed by atoms with Crippen LogP contribution in [0.25, 0.3) is 0 Å². The molecule has 0 spiro atoms. The van der Waals surface area contributed by atoms with Gasteiger partial charge >= 0.3 is 0 Å². The number of benzene rings is 2. The number of carbonyl (C=O) groups is 2. The Morgan fingerprint density at radius 1 is 1.14 bits per heavy atom. The SMILES string of the molecule is Cc1ccc(N2NC(C(=O)NCCS(=O)(=O)c3ccccc3)=NCC2=O)cc1. The fraction of sp³-hybridized carbons (Fsp3) is 0.211. The largest absolute Gasteiger partial charge is 0.348 e. The van der Waals surface area contributed by atoms with E-state index in [0.717, 1.165) is 5.56 Å². The summed E-state index contributed by atoms with van der Waals surface area (Å²) in [7, 11) is -3.49. The molecule has 0 atom stereocenters. The smallest absolute Gasteiger partial charge is 0.288 e. The van der Waals surface area contributed by atoms with Crippen LogP contribution in [0.1, 0.15) is 5.56 Å². The Kier molecular flexibility index (Phi) is 5.74. The lowest BCUT2D eigenvalue weighted by molar-refractivity contribution is -0.118. The van der Waals surface area contributed by atoms with Crippen LogP contribution < -0.4 is 15.8 Å². The molecule has 1 aliphatic heterocycles. The number of sulfone groups is 1. The summed E-state index contributed by atoms with van der Waals surface area (Å²) in [4.78, 5) is 28.5. The molecular weight excluding hydrogens is 380 g/mol. The number of aryl methyl sites for hydroxylation is 1. The third kappa shape index (κ3) is 4.55. The average molecular weight is 400 g/mol. The van der Waals surface area contributed by atoms with Crippen LogP contribution in [0, 0.1) is 6.92 Å². The predicted octanol–water partition coefficient (Wildman–Crippen LogP) is 0.835. The maximum atomic E-state index is 12.3. The van der Waals surface area contributed by atoms with Gasteiger partial charge in [-0.2, -0.15) is 0 Å². The monoisotopic (exact) mass is 400 g/mol. The summed E-state index contributed by atoms with van der Waals surface area (Å²) in [6.45, 7) is 1.68. The van der Waals surface area contributed by atoms with Gasteiger partial charge in [-0.1, -0.05) is 35.9 Å². The average Bonchev–Trinajstić information content (AvgIpc) is 2.69. The minimum Gasteiger partial charge on any atom is -0.348 e. The Morgan fingerprint density at radius 2 is 1.82 bits per heavy atom. The molecule has 0 fully saturated rings. The predicted molar refractivity (Wildman–Crippen MR) is 106 cm³/mol. The van der Waals surface area contributed by atoms with Crippen LogP contribution >= 0.6 is 0 Å². The molecule has 2 N–H and O–H groups in total. The molecule has 8 nitrogen and oxygen atoms in total. The number of carbonyl (C=O) groups excluding carboxylic acids is 2. The quantitative estimate of drug-likeness (QED) is 0.747. The first-order valence-corrected chi connectivity index (χ1v) is 10.3. The van der Waals surface area contributed by atoms with E-state index in [4.69, 9.17) is 0 Å². The van der Waals surface area contributed by atoms with Gasteiger partial charge in [-0.15, -0.1) is 0 Å². The van der Waals surface area contributed by atoms with Crippen molar-refractivity contribution >= 4 is 33.2 Å². The minimum atomic E-state index is -3.49. The number of nitrogens with one attached hydrogen (secondary N) is 2. The third-order valence-corrected chi connectivity index (χ3v) is 5.84. The number of hydrogen-bond donors (Lipinski definition) is 2. The van der Waals surface area contributed by atoms with Crippen LogP contribution in [0.3, 0.4) is 0 Å². The lowest BCUT2D eigenvalue weighted by atomic mass is 10.2. The van der Waals surface area contributed by atoms with E-state index in [1.165, 1.54) is 17.1 Å². The third-order valence-electron chi connectivity index (χ3n) is 4.11. The molecule has 0 aromatic heterocycles. The fourth-order valence-corrected chi connectivity index (χ4v) is 3.75. The van der Waals surface area contributed by atoms with Crippen LogP contribution in [-0.2, 0) is 19.4 Å². The molecule has 0 saturated heterocycles. The standard InChI is InChI=1S/C19H20N4O4S/c1-14-7-9-15(10-8-14)23-17(24)13-21-18(22-23)19(25)20-11-12-28(26,27)16-5-3-2-4-6-16/h2-10H,11-13H2,1H3,(H,20,25)(H,21,22). The highest BCUT2D eigenvalue weighted by Gasteiger charge is 2.25. The van der Waals surface area contributed by atoms with Crippen LogP contribution in [0.2, 0.25) is 0 Å². The molecule has 28 heavy (non-hydrogen) atoms. The molecule has 2 amide bonds. The summed E-state index contributed by atoms with van der Waals surface area (Å²) in [5.41, 5.74) is 4.32. The van der Waals surface area contributed by atoms with Gasteiger partial charge in [0.25, 0.3) is 11.8 Å². The molecule has 0 unspecified atom stereocenters. The maximum Gasteiger partial charge on any atom is 0.288 e. The Morgan fingerprint density at radius 3 is 2.50 bits per heavy atom. The van der Waals surface area contributed by atoms with Crippen LogP contribution in [0.5, 0.6) is 0 Å². The first-order chi connectivity index (χ1) is 13.4. The molecule has 0 aliphatic carbocycles. The maximum absolute atomic E-state index is 12.3. The lowest BCUT2D eigenvalue weighted by Gasteiger charge is -2.27. The highest BCUT2D eigenvalue weighted by atomic mass is 32.2. The van der Waals surface area contributed by atoms with Crippen molar-refractivity contribution in [1.29, 1.82) is 0 Å². The Hall–Kier alpha value is -3.20. The van der Waals surface area contributed by atoms with Crippen LogP contribution in [0.4, 0.5) is 5.69 Å². The van der Waals surface area contributed by atoms with Crippen molar-refractivity contribution in [2.24, 2.45) is 4.99 Å². The van der Waals surface area contributed by atoms with Gasteiger partial charge in [-0.3, -0.25) is 20.0 Å². The Bertz CT molecular complexity index is 1000. The van der Waals surface area contributed by atoms with Gasteiger partial charge in [0.05, 0.1) is 16.3 Å². The molecule has 1 aliphatic rings. The van der Waals surface area contributed by atoms with E-state index in [1.54, 1.807) is 30.3 Å². The van der Waals surface area contributed by atoms with E-state index in [-0.39, 0.29) is 35.5 Å². The van der Waals surface area contributed by atoms with Gasteiger partial charge in [0.1, 0.15) is 6.54 Å². The van der Waals surface area contributed by atoms with Crippen molar-refractivity contribution in [3.8, 4) is 0 Å². The Balaban J connectivity index is 1.60. The summed E-state index contributed by atoms with van der Waals surface area (Å²) in [5.74, 6) is -1.16. The van der Waals surface area contributed by atoms with Crippen molar-refractivity contribution in [1.82, 2.24) is 10.7 Å². The first kappa shape index (κ1) is 19.6. The Labute approximate surface area is 163 Å². The number of aliphatic imine (C=N–C) groups is 1. The molecule has 1 heterocycles. The van der Waals surface area contributed by atoms with Crippen molar-refractivity contribution in [3.05, 3.63) is 60.2 Å². The van der Waals surface area contributed by atoms with E-state index >= 15 is 0 Å². The van der Waals surface area contributed by atoms with Gasteiger partial charge in [-0.05, 0) is 31.2 Å². The molecule has 2 aromatic rings. The molecule has 3 rings (SSSR count). The zero-order chi connectivity index (χ0) is 20.1. The second-order valence-corrected chi connectivity index (χ2v) is 8.34. The molecule has 0 saturated carbocycles. The number of amidine groups is 1. The van der Waals surface area contributed by atoms with Gasteiger partial charge in [-0.25, -0.2) is 13.4 Å². The summed E-state index contributed by atoms with van der Waals surface area (Å²) in [5, 5.41) is 3.78. The topological polar surface area (TPSA) is 108 Å². The lowest BCUT2D eigenvalue weighted by Crippen LogP contribution is -2.56. The molecule has 9 heteroatoms. The van der Waals surface area contributed by atoms with E-state index in [2.05, 4.69) is 15.7 Å². The summed E-state index contributed by atoms with van der Waals surface area (Å²) in [6, 6.07) is 15.2. The molecule has 146 valence electrons. The van der Waals surface area contributed by atoms with E-state index in [9.17, 15) is 18.0 Å². The minimum absolute atomic E-state index is 0.0442. The van der Waals surface area contributed by atoms with Crippen LogP contribution in [-0.4, -0.2) is 44.9 Å². The second kappa shape index (κ2) is 8.22. The second-order valence-electron chi connectivity index (χ2n) is 6.23. The number of rotatable bonds is 6. The number of hydrogen-bond acceptors (Lipinski definition) is 6. The van der Waals surface area contributed by atoms with E-state index < -0.39 is 15.7 Å². The zero-order valence-electron chi connectivity index (χ0n) is 15.3. The molecule has 0 radical (unpaired) electrons. The van der Waals surface area contributed by atoms with Crippen molar-refractivity contribution < 1.29 is 18.0 Å². The highest BCUT2D eigenvalue weighted by Crippen LogP contribution is 2.15. The van der Waals surface area contributed by atoms with Crippen molar-refractivity contribution in [2.45, 2.75) is 11.8 Å². The van der Waals surface area contributed by atoms with Gasteiger partial charge < -0.3 is 5.32 Å². The summed E-state index contributed by atoms with van der Waals surface area (Å²) >= 11 is 0. The molecule has 2 aromatic carbocycles. The fourth-order valence-electron chi connectivity index (χ4n) is 2.57. The van der Waals surface area contributed by atoms with E-state index in [1.807, 2.05) is 19.1 Å². The number of anilines is 1. The highest BCUT2D eigenvalue weighted by molar-refractivity contribution is 7.91. The normalized spacial score (nSPS) is 14.2. The van der Waals surface area contributed by atoms with Gasteiger partial charge in [0, 0.05) is 6.54 Å². The number of hydrazine groups is 1. The summed E-state index contributed by atoms with van der Waals surface area (Å²) < 4.78 is 24.5. The van der Waals surface area contributed by atoms with Gasteiger partial charge in [0.2, 0.25) is 5.84 Å². The van der Waals surface area contributed by atoms with Crippen LogP contribution in [0.15, 0.2) is 64.5 Å². The first-order valence-electron chi connectivity index (χ1n) is 8.63. The van der Waals surface area contributed by atoms with Gasteiger partial charge in [0.15, 0.2) is 9.84 Å². The van der Waals surface area contributed by atoms with E-state index in [0.29, 0.717) is 5.69 Å². The number of amides is 2.